The molecule has 0 aromatic heterocycles. The summed E-state index contributed by atoms with van der Waals surface area (Å²) in [6.45, 7) is 13.1. The summed E-state index contributed by atoms with van der Waals surface area (Å²) in [5.41, 5.74) is 9.28. The molecule has 0 bridgehead atoms. The van der Waals surface area contributed by atoms with Crippen LogP contribution in [0.2, 0.25) is 0 Å². The number of aryl methyl sites for hydroxylation is 4. The van der Waals surface area contributed by atoms with Crippen LogP contribution < -0.4 is 0 Å². The number of benzene rings is 2. The van der Waals surface area contributed by atoms with Gasteiger partial charge >= 0.3 is 0 Å². The minimum Gasteiger partial charge on any atom is -0.251 e. The molecule has 0 aliphatic rings. The van der Waals surface area contributed by atoms with Gasteiger partial charge in [0, 0.05) is 0 Å². The van der Waals surface area contributed by atoms with Crippen LogP contribution in [0.15, 0.2) is 58.5 Å². The molecule has 0 aliphatic carbocycles. The molecule has 0 heterocycles. The maximum absolute atomic E-state index is 5.13. The summed E-state index contributed by atoms with van der Waals surface area (Å²) in [6.07, 6.45) is 18.2. The van der Waals surface area contributed by atoms with Gasteiger partial charge in [-0.3, -0.25) is 4.99 Å². The molecule has 0 saturated heterocycles. The lowest BCUT2D eigenvalue weighted by Crippen LogP contribution is -2.12. The van der Waals surface area contributed by atoms with Gasteiger partial charge in [0.25, 0.3) is 0 Å². The van der Waals surface area contributed by atoms with E-state index in [1.54, 1.807) is 0 Å². The van der Waals surface area contributed by atoms with Gasteiger partial charge in [-0.25, -0.2) is 4.99 Å². The fourth-order valence-corrected chi connectivity index (χ4v) is 4.08. The van der Waals surface area contributed by atoms with Crippen molar-refractivity contribution < 1.29 is 0 Å². The first-order chi connectivity index (χ1) is 16.9. The summed E-state index contributed by atoms with van der Waals surface area (Å²) in [7, 11) is 0. The highest BCUT2D eigenvalue weighted by atomic mass is 14.8. The van der Waals surface area contributed by atoms with Gasteiger partial charge in [0.05, 0.1) is 22.8 Å². The van der Waals surface area contributed by atoms with Crippen molar-refractivity contribution in [1.29, 1.82) is 0 Å². The Bertz CT molecular complexity index is 994. The Morgan fingerprint density at radius 2 is 1.17 bits per heavy atom. The molecule has 190 valence electrons. The van der Waals surface area contributed by atoms with Crippen LogP contribution in [0, 0.1) is 27.7 Å². The second-order valence-electron chi connectivity index (χ2n) is 10.0. The number of aliphatic imine (C=N–C) groups is 2. The summed E-state index contributed by atoms with van der Waals surface area (Å²) >= 11 is 0. The predicted octanol–water partition coefficient (Wildman–Crippen LogP) is 10.7. The standard InChI is InChI=1S/C33H48N2/c1-7-9-11-12-13-14-15-16-17-19-33(35-31-23-21-27(4)29(6)25-31)32(18-10-8-2)34-30-22-20-26(3)28(5)24-30/h17,19-25H,7-16,18H2,1-6H3/b19-17+,34-32?,35-33?. The molecule has 2 aromatic rings. The number of nitrogens with zero attached hydrogens (tertiary/aromatic N) is 2. The first-order valence-electron chi connectivity index (χ1n) is 13.9. The quantitative estimate of drug-likeness (QED) is 0.182. The molecule has 2 rings (SSSR count). The minimum absolute atomic E-state index is 0.939. The number of unbranched alkanes of at least 4 members (excludes halogenated alkanes) is 8. The SMILES string of the molecule is CCCCCCCCC/C=C/C(=Nc1ccc(C)c(C)c1)C(CCCC)=Nc1ccc(C)c(C)c1. The summed E-state index contributed by atoms with van der Waals surface area (Å²) in [4.78, 5) is 10.2. The molecule has 0 N–H and O–H groups in total. The molecule has 2 nitrogen and oxygen atoms in total. The Balaban J connectivity index is 2.27. The van der Waals surface area contributed by atoms with Gasteiger partial charge < -0.3 is 0 Å². The molecule has 0 amide bonds. The fourth-order valence-electron chi connectivity index (χ4n) is 4.08. The number of rotatable bonds is 15. The zero-order valence-electron chi connectivity index (χ0n) is 23.3. The van der Waals surface area contributed by atoms with Crippen molar-refractivity contribution in [2.75, 3.05) is 0 Å². The highest BCUT2D eigenvalue weighted by Gasteiger charge is 2.09. The van der Waals surface area contributed by atoms with Gasteiger partial charge in [-0.05, 0) is 106 Å². The molecule has 0 radical (unpaired) electrons. The third kappa shape index (κ3) is 10.8. The van der Waals surface area contributed by atoms with Crippen LogP contribution in [0.25, 0.3) is 0 Å². The molecule has 35 heavy (non-hydrogen) atoms. The van der Waals surface area contributed by atoms with Crippen molar-refractivity contribution in [3.8, 4) is 0 Å². The molecule has 0 spiro atoms. The van der Waals surface area contributed by atoms with Crippen LogP contribution >= 0.6 is 0 Å². The number of allylic oxidation sites excluding steroid dienone is 2. The van der Waals surface area contributed by atoms with Crippen LogP contribution in [0.3, 0.4) is 0 Å². The molecule has 0 aliphatic heterocycles. The zero-order chi connectivity index (χ0) is 25.5. The Kier molecular flexibility index (Phi) is 13.3. The monoisotopic (exact) mass is 472 g/mol. The molecule has 2 heteroatoms. The van der Waals surface area contributed by atoms with Crippen LogP contribution in [0.4, 0.5) is 11.4 Å². The van der Waals surface area contributed by atoms with Gasteiger partial charge in [0.2, 0.25) is 0 Å². The smallest absolute Gasteiger partial charge is 0.0848 e. The molecule has 0 atom stereocenters. The maximum Gasteiger partial charge on any atom is 0.0848 e. The normalized spacial score (nSPS) is 12.6. The van der Waals surface area contributed by atoms with Crippen molar-refractivity contribution in [2.24, 2.45) is 9.98 Å². The topological polar surface area (TPSA) is 24.7 Å². The summed E-state index contributed by atoms with van der Waals surface area (Å²) in [5, 5.41) is 0. The van der Waals surface area contributed by atoms with Gasteiger partial charge in [-0.15, -0.1) is 0 Å². The molecular weight excluding hydrogens is 424 g/mol. The van der Waals surface area contributed by atoms with Crippen molar-refractivity contribution in [3.63, 3.8) is 0 Å². The van der Waals surface area contributed by atoms with E-state index in [1.807, 2.05) is 0 Å². The lowest BCUT2D eigenvalue weighted by molar-refractivity contribution is 0.592. The molecule has 0 unspecified atom stereocenters. The van der Waals surface area contributed by atoms with E-state index in [9.17, 15) is 0 Å². The third-order valence-corrected chi connectivity index (χ3v) is 6.81. The molecule has 0 fully saturated rings. The zero-order valence-corrected chi connectivity index (χ0v) is 23.3. The molecular formula is C33H48N2. The third-order valence-electron chi connectivity index (χ3n) is 6.81. The summed E-state index contributed by atoms with van der Waals surface area (Å²) in [6, 6.07) is 13.0. The Morgan fingerprint density at radius 1 is 0.629 bits per heavy atom. The Morgan fingerprint density at radius 3 is 1.74 bits per heavy atom. The van der Waals surface area contributed by atoms with Crippen molar-refractivity contribution in [2.45, 2.75) is 112 Å². The minimum atomic E-state index is 0.939. The Labute approximate surface area is 215 Å². The maximum atomic E-state index is 5.13. The first kappa shape index (κ1) is 28.8. The summed E-state index contributed by atoms with van der Waals surface area (Å²) < 4.78 is 0. The second kappa shape index (κ2) is 16.2. The molecule has 0 saturated carbocycles. The van der Waals surface area contributed by atoms with Gasteiger partial charge in [0.15, 0.2) is 0 Å². The average molecular weight is 473 g/mol. The van der Waals surface area contributed by atoms with Crippen molar-refractivity contribution in [1.82, 2.24) is 0 Å². The van der Waals surface area contributed by atoms with E-state index in [2.05, 4.69) is 90.1 Å². The van der Waals surface area contributed by atoms with Gasteiger partial charge in [-0.1, -0.05) is 77.0 Å². The lowest BCUT2D eigenvalue weighted by atomic mass is 10.0. The van der Waals surface area contributed by atoms with E-state index in [1.165, 1.54) is 67.2 Å². The van der Waals surface area contributed by atoms with E-state index in [0.29, 0.717) is 0 Å². The van der Waals surface area contributed by atoms with Crippen LogP contribution in [-0.4, -0.2) is 11.4 Å². The highest BCUT2D eigenvalue weighted by molar-refractivity contribution is 6.47. The van der Waals surface area contributed by atoms with Crippen molar-refractivity contribution >= 4 is 22.8 Å². The van der Waals surface area contributed by atoms with Crippen LogP contribution in [0.1, 0.15) is 107 Å². The van der Waals surface area contributed by atoms with Gasteiger partial charge in [-0.2, -0.15) is 0 Å². The average Bonchev–Trinajstić information content (AvgIpc) is 2.84. The molecule has 2 aromatic carbocycles. The van der Waals surface area contributed by atoms with E-state index in [0.717, 1.165) is 48.5 Å². The largest absolute Gasteiger partial charge is 0.251 e. The van der Waals surface area contributed by atoms with E-state index in [-0.39, 0.29) is 0 Å². The van der Waals surface area contributed by atoms with E-state index < -0.39 is 0 Å². The van der Waals surface area contributed by atoms with Gasteiger partial charge in [0.1, 0.15) is 0 Å². The van der Waals surface area contributed by atoms with E-state index in [4.69, 9.17) is 9.98 Å². The van der Waals surface area contributed by atoms with Crippen molar-refractivity contribution in [3.05, 3.63) is 70.8 Å². The second-order valence-corrected chi connectivity index (χ2v) is 10.0. The highest BCUT2D eigenvalue weighted by Crippen LogP contribution is 2.22. The summed E-state index contributed by atoms with van der Waals surface area (Å²) in [5.74, 6) is 0. The van der Waals surface area contributed by atoms with Crippen LogP contribution in [0.5, 0.6) is 0 Å². The number of hydrogen-bond acceptors (Lipinski definition) is 2. The predicted molar refractivity (Wildman–Crippen MR) is 157 cm³/mol. The van der Waals surface area contributed by atoms with Crippen LogP contribution in [-0.2, 0) is 0 Å². The lowest BCUT2D eigenvalue weighted by Gasteiger charge is -2.10. The number of hydrogen-bond donors (Lipinski definition) is 0. The first-order valence-corrected chi connectivity index (χ1v) is 13.9. The Hall–Kier alpha value is -2.48. The fraction of sp³-hybridized carbons (Fsp3) is 0.515. The van der Waals surface area contributed by atoms with E-state index >= 15 is 0 Å².